The quantitative estimate of drug-likeness (QED) is 0.862. The summed E-state index contributed by atoms with van der Waals surface area (Å²) >= 11 is 0. The monoisotopic (exact) mass is 235 g/mol. The number of aromatic nitrogens is 2. The van der Waals surface area contributed by atoms with Crippen LogP contribution in [-0.2, 0) is 6.54 Å². The van der Waals surface area contributed by atoms with Crippen LogP contribution in [0.3, 0.4) is 0 Å². The van der Waals surface area contributed by atoms with Crippen LogP contribution in [0.4, 0.5) is 0 Å². The molecule has 2 N–H and O–H groups in total. The van der Waals surface area contributed by atoms with Crippen molar-refractivity contribution in [1.82, 2.24) is 9.78 Å². The van der Waals surface area contributed by atoms with E-state index < -0.39 is 0 Å². The van der Waals surface area contributed by atoms with E-state index in [1.807, 2.05) is 6.92 Å². The van der Waals surface area contributed by atoms with Gasteiger partial charge in [-0.2, -0.15) is 5.10 Å². The number of rotatable bonds is 3. The van der Waals surface area contributed by atoms with Gasteiger partial charge in [0.25, 0.3) is 5.56 Å². The molecular formula is C13H21N3O. The van der Waals surface area contributed by atoms with Gasteiger partial charge in [0.1, 0.15) is 0 Å². The van der Waals surface area contributed by atoms with Crippen molar-refractivity contribution in [3.05, 3.63) is 28.2 Å². The molecule has 0 aliphatic heterocycles. The number of aryl methyl sites for hydroxylation is 1. The average Bonchev–Trinajstić information content (AvgIpc) is 2.35. The first-order valence-corrected chi connectivity index (χ1v) is 6.47. The zero-order valence-corrected chi connectivity index (χ0v) is 10.4. The minimum Gasteiger partial charge on any atom is -0.326 e. The molecule has 1 saturated carbocycles. The van der Waals surface area contributed by atoms with Crippen molar-refractivity contribution >= 4 is 0 Å². The van der Waals surface area contributed by atoms with Crippen LogP contribution in [-0.4, -0.2) is 15.8 Å². The van der Waals surface area contributed by atoms with Crippen LogP contribution in [0.25, 0.3) is 0 Å². The maximum atomic E-state index is 11.6. The molecule has 1 fully saturated rings. The molecule has 1 aliphatic carbocycles. The fourth-order valence-electron chi connectivity index (χ4n) is 2.59. The first-order chi connectivity index (χ1) is 8.16. The van der Waals surface area contributed by atoms with Crippen molar-refractivity contribution in [3.63, 3.8) is 0 Å². The van der Waals surface area contributed by atoms with E-state index in [-0.39, 0.29) is 11.6 Å². The van der Waals surface area contributed by atoms with Crippen molar-refractivity contribution in [3.8, 4) is 0 Å². The average molecular weight is 235 g/mol. The summed E-state index contributed by atoms with van der Waals surface area (Å²) < 4.78 is 1.51. The summed E-state index contributed by atoms with van der Waals surface area (Å²) in [6.45, 7) is 2.44. The van der Waals surface area contributed by atoms with E-state index >= 15 is 0 Å². The van der Waals surface area contributed by atoms with Crippen molar-refractivity contribution in [2.24, 2.45) is 11.7 Å². The highest BCUT2D eigenvalue weighted by Gasteiger charge is 2.21. The molecule has 1 aliphatic rings. The van der Waals surface area contributed by atoms with E-state index in [9.17, 15) is 4.79 Å². The zero-order chi connectivity index (χ0) is 12.3. The molecular weight excluding hydrogens is 214 g/mol. The van der Waals surface area contributed by atoms with E-state index in [1.54, 1.807) is 12.1 Å². The molecule has 1 atom stereocenters. The topological polar surface area (TPSA) is 60.9 Å². The maximum absolute atomic E-state index is 11.6. The number of nitrogens with two attached hydrogens (primary N) is 1. The summed E-state index contributed by atoms with van der Waals surface area (Å²) in [5.74, 6) is 0.554. The second-order valence-corrected chi connectivity index (χ2v) is 5.06. The normalized spacial score (nSPS) is 19.2. The summed E-state index contributed by atoms with van der Waals surface area (Å²) in [6, 6.07) is 3.36. The second-order valence-electron chi connectivity index (χ2n) is 5.06. The Labute approximate surface area is 102 Å². The Morgan fingerprint density at radius 3 is 2.82 bits per heavy atom. The summed E-state index contributed by atoms with van der Waals surface area (Å²) in [7, 11) is 0. The molecule has 1 aromatic rings. The first-order valence-electron chi connectivity index (χ1n) is 6.47. The summed E-state index contributed by atoms with van der Waals surface area (Å²) in [4.78, 5) is 11.6. The van der Waals surface area contributed by atoms with Gasteiger partial charge in [0, 0.05) is 12.1 Å². The number of nitrogens with zero attached hydrogens (tertiary/aromatic N) is 2. The lowest BCUT2D eigenvalue weighted by Crippen LogP contribution is -2.39. The van der Waals surface area contributed by atoms with Gasteiger partial charge in [0.2, 0.25) is 0 Å². The molecule has 2 rings (SSSR count). The highest BCUT2D eigenvalue weighted by Crippen LogP contribution is 2.25. The van der Waals surface area contributed by atoms with Gasteiger partial charge >= 0.3 is 0 Å². The van der Waals surface area contributed by atoms with Gasteiger partial charge in [-0.05, 0) is 31.7 Å². The predicted molar refractivity (Wildman–Crippen MR) is 67.8 cm³/mol. The molecule has 1 heterocycles. The first kappa shape index (κ1) is 12.3. The lowest BCUT2D eigenvalue weighted by atomic mass is 9.84. The third kappa shape index (κ3) is 3.16. The van der Waals surface area contributed by atoms with Crippen LogP contribution in [0.5, 0.6) is 0 Å². The Balaban J connectivity index is 2.04. The van der Waals surface area contributed by atoms with Crippen LogP contribution in [0.1, 0.15) is 37.8 Å². The molecule has 4 nitrogen and oxygen atoms in total. The maximum Gasteiger partial charge on any atom is 0.266 e. The highest BCUT2D eigenvalue weighted by molar-refractivity contribution is 4.97. The molecule has 0 saturated heterocycles. The molecule has 17 heavy (non-hydrogen) atoms. The lowest BCUT2D eigenvalue weighted by molar-refractivity contribution is 0.276. The van der Waals surface area contributed by atoms with Gasteiger partial charge in [-0.15, -0.1) is 0 Å². The van der Waals surface area contributed by atoms with Gasteiger partial charge in [0.05, 0.1) is 12.2 Å². The van der Waals surface area contributed by atoms with Crippen molar-refractivity contribution in [1.29, 1.82) is 0 Å². The largest absolute Gasteiger partial charge is 0.326 e. The fourth-order valence-corrected chi connectivity index (χ4v) is 2.59. The number of hydrogen-bond acceptors (Lipinski definition) is 3. The van der Waals surface area contributed by atoms with Crippen molar-refractivity contribution in [2.45, 2.75) is 51.6 Å². The Bertz CT molecular complexity index is 421. The molecule has 0 bridgehead atoms. The Kier molecular flexibility index (Phi) is 3.94. The Morgan fingerprint density at radius 2 is 2.12 bits per heavy atom. The Hall–Kier alpha value is -1.16. The van der Waals surface area contributed by atoms with E-state index in [1.165, 1.54) is 36.8 Å². The van der Waals surface area contributed by atoms with Gasteiger partial charge in [-0.1, -0.05) is 19.3 Å². The van der Waals surface area contributed by atoms with Gasteiger partial charge in [-0.25, -0.2) is 4.68 Å². The van der Waals surface area contributed by atoms with Crippen LogP contribution in [0.2, 0.25) is 0 Å². The van der Waals surface area contributed by atoms with Crippen LogP contribution in [0.15, 0.2) is 16.9 Å². The minimum absolute atomic E-state index is 0.0538. The van der Waals surface area contributed by atoms with Gasteiger partial charge in [0.15, 0.2) is 0 Å². The highest BCUT2D eigenvalue weighted by atomic mass is 16.1. The molecule has 0 aromatic carbocycles. The lowest BCUT2D eigenvalue weighted by Gasteiger charge is -2.27. The molecule has 0 amide bonds. The predicted octanol–water partition coefficient (Wildman–Crippen LogP) is 1.46. The second kappa shape index (κ2) is 5.45. The molecule has 94 valence electrons. The number of hydrogen-bond donors (Lipinski definition) is 1. The van der Waals surface area contributed by atoms with Crippen LogP contribution in [0, 0.1) is 12.8 Å². The van der Waals surface area contributed by atoms with E-state index in [0.717, 1.165) is 5.69 Å². The SMILES string of the molecule is Cc1ccc(=O)n(CC(N)C2CCCCC2)n1. The summed E-state index contributed by atoms with van der Waals surface area (Å²) in [5, 5.41) is 4.23. The fraction of sp³-hybridized carbons (Fsp3) is 0.692. The van der Waals surface area contributed by atoms with Crippen molar-refractivity contribution in [2.75, 3.05) is 0 Å². The molecule has 0 radical (unpaired) electrons. The third-order valence-electron chi connectivity index (χ3n) is 3.64. The van der Waals surface area contributed by atoms with E-state index in [4.69, 9.17) is 5.73 Å². The molecule has 1 unspecified atom stereocenters. The Morgan fingerprint density at radius 1 is 1.41 bits per heavy atom. The molecule has 1 aromatic heterocycles. The zero-order valence-electron chi connectivity index (χ0n) is 10.4. The summed E-state index contributed by atoms with van der Waals surface area (Å²) in [6.07, 6.45) is 6.26. The van der Waals surface area contributed by atoms with Crippen LogP contribution >= 0.6 is 0 Å². The van der Waals surface area contributed by atoms with Gasteiger partial charge in [-0.3, -0.25) is 4.79 Å². The molecule has 0 spiro atoms. The summed E-state index contributed by atoms with van der Waals surface area (Å²) in [5.41, 5.74) is 7.01. The van der Waals surface area contributed by atoms with Gasteiger partial charge < -0.3 is 5.73 Å². The van der Waals surface area contributed by atoms with E-state index in [0.29, 0.717) is 12.5 Å². The molecule has 4 heteroatoms. The standard InChI is InChI=1S/C13H21N3O/c1-10-7-8-13(17)16(15-10)9-12(14)11-5-3-2-4-6-11/h7-8,11-12H,2-6,9,14H2,1H3. The smallest absolute Gasteiger partial charge is 0.266 e. The van der Waals surface area contributed by atoms with Crippen molar-refractivity contribution < 1.29 is 0 Å². The minimum atomic E-state index is -0.0538. The van der Waals surface area contributed by atoms with Crippen LogP contribution < -0.4 is 11.3 Å². The van der Waals surface area contributed by atoms with E-state index in [2.05, 4.69) is 5.10 Å². The third-order valence-corrected chi connectivity index (χ3v) is 3.64.